The van der Waals surface area contributed by atoms with E-state index < -0.39 is 0 Å². The molecule has 1 aliphatic rings. The van der Waals surface area contributed by atoms with Gasteiger partial charge in [-0.2, -0.15) is 0 Å². The molecule has 0 spiro atoms. The maximum absolute atomic E-state index is 11.8. The van der Waals surface area contributed by atoms with Gasteiger partial charge in [-0.15, -0.1) is 0 Å². The van der Waals surface area contributed by atoms with E-state index in [-0.39, 0.29) is 24.8 Å². The maximum atomic E-state index is 11.8. The number of hydrogen-bond donors (Lipinski definition) is 2. The number of aromatic nitrogens is 1. The van der Waals surface area contributed by atoms with Gasteiger partial charge in [0.25, 0.3) is 0 Å². The van der Waals surface area contributed by atoms with Gasteiger partial charge >= 0.3 is 0 Å². The molecule has 1 aliphatic carbocycles. The number of benzene rings is 1. The lowest BCUT2D eigenvalue weighted by Crippen LogP contribution is -2.37. The molecule has 0 unspecified atom stereocenters. The third-order valence-electron chi connectivity index (χ3n) is 4.30. The van der Waals surface area contributed by atoms with Gasteiger partial charge in [0.2, 0.25) is 11.8 Å². The summed E-state index contributed by atoms with van der Waals surface area (Å²) in [5.41, 5.74) is 3.40. The minimum atomic E-state index is -0.183. The average molecular weight is 341 g/mol. The van der Waals surface area contributed by atoms with Crippen LogP contribution in [0.4, 0.5) is 0 Å². The van der Waals surface area contributed by atoms with Crippen molar-refractivity contribution in [3.63, 3.8) is 0 Å². The lowest BCUT2D eigenvalue weighted by atomic mass is 10.1. The molecule has 25 heavy (non-hydrogen) atoms. The Hall–Kier alpha value is -2.63. The van der Waals surface area contributed by atoms with Crippen LogP contribution in [0.5, 0.6) is 0 Å². The van der Waals surface area contributed by atoms with Crippen molar-refractivity contribution in [3.8, 4) is 11.3 Å². The SMILES string of the molecule is Cc1ccc(-c2cnc(CCC(=O)NCC(=O)NC3CC3)o2)cc1C. The lowest BCUT2D eigenvalue weighted by molar-refractivity contribution is -0.126. The van der Waals surface area contributed by atoms with Gasteiger partial charge in [0.1, 0.15) is 0 Å². The Balaban J connectivity index is 1.46. The molecular formula is C19H23N3O3. The molecule has 2 N–H and O–H groups in total. The van der Waals surface area contributed by atoms with Gasteiger partial charge in [-0.3, -0.25) is 9.59 Å². The van der Waals surface area contributed by atoms with Gasteiger partial charge in [-0.1, -0.05) is 12.1 Å². The van der Waals surface area contributed by atoms with Crippen LogP contribution < -0.4 is 10.6 Å². The molecule has 132 valence electrons. The Morgan fingerprint density at radius 2 is 2.00 bits per heavy atom. The molecule has 2 amide bonds. The smallest absolute Gasteiger partial charge is 0.239 e. The zero-order valence-electron chi connectivity index (χ0n) is 14.6. The molecule has 0 atom stereocenters. The first-order chi connectivity index (χ1) is 12.0. The second-order valence-electron chi connectivity index (χ2n) is 6.54. The summed E-state index contributed by atoms with van der Waals surface area (Å²) in [5.74, 6) is 0.897. The summed E-state index contributed by atoms with van der Waals surface area (Å²) >= 11 is 0. The highest BCUT2D eigenvalue weighted by Gasteiger charge is 2.23. The van der Waals surface area contributed by atoms with E-state index >= 15 is 0 Å². The number of aryl methyl sites for hydroxylation is 3. The fraction of sp³-hybridized carbons (Fsp3) is 0.421. The highest BCUT2D eigenvalue weighted by Crippen LogP contribution is 2.23. The van der Waals surface area contributed by atoms with E-state index in [4.69, 9.17) is 4.42 Å². The monoisotopic (exact) mass is 341 g/mol. The molecule has 1 fully saturated rings. The normalized spacial score (nSPS) is 13.5. The van der Waals surface area contributed by atoms with E-state index in [0.717, 1.165) is 18.4 Å². The molecule has 2 aromatic rings. The molecule has 6 heteroatoms. The van der Waals surface area contributed by atoms with Crippen LogP contribution in [0.3, 0.4) is 0 Å². The highest BCUT2D eigenvalue weighted by molar-refractivity contribution is 5.85. The van der Waals surface area contributed by atoms with Crippen molar-refractivity contribution in [2.45, 2.75) is 45.6 Å². The van der Waals surface area contributed by atoms with Crippen LogP contribution >= 0.6 is 0 Å². The third-order valence-corrected chi connectivity index (χ3v) is 4.30. The Kier molecular flexibility index (Phi) is 5.16. The van der Waals surface area contributed by atoms with Crippen LogP contribution in [-0.4, -0.2) is 29.4 Å². The highest BCUT2D eigenvalue weighted by atomic mass is 16.4. The molecule has 0 radical (unpaired) electrons. The fourth-order valence-corrected chi connectivity index (χ4v) is 2.45. The Morgan fingerprint density at radius 3 is 2.72 bits per heavy atom. The van der Waals surface area contributed by atoms with Crippen LogP contribution in [0, 0.1) is 13.8 Å². The zero-order chi connectivity index (χ0) is 17.8. The molecule has 3 rings (SSSR count). The number of amides is 2. The largest absolute Gasteiger partial charge is 0.441 e. The molecule has 0 aliphatic heterocycles. The minimum Gasteiger partial charge on any atom is -0.441 e. The number of carbonyl (C=O) groups excluding carboxylic acids is 2. The van der Waals surface area contributed by atoms with Crippen LogP contribution in [-0.2, 0) is 16.0 Å². The second-order valence-corrected chi connectivity index (χ2v) is 6.54. The topological polar surface area (TPSA) is 84.2 Å². The summed E-state index contributed by atoms with van der Waals surface area (Å²) in [5, 5.41) is 5.45. The van der Waals surface area contributed by atoms with Crippen molar-refractivity contribution < 1.29 is 14.0 Å². The molecule has 1 aromatic heterocycles. The van der Waals surface area contributed by atoms with E-state index in [0.29, 0.717) is 24.1 Å². The van der Waals surface area contributed by atoms with Gasteiger partial charge in [-0.25, -0.2) is 4.98 Å². The number of rotatable bonds is 7. The summed E-state index contributed by atoms with van der Waals surface area (Å²) in [6, 6.07) is 6.41. The van der Waals surface area contributed by atoms with Gasteiger partial charge in [0.05, 0.1) is 12.7 Å². The van der Waals surface area contributed by atoms with Crippen molar-refractivity contribution in [1.82, 2.24) is 15.6 Å². The first kappa shape index (κ1) is 17.2. The Bertz CT molecular complexity index is 778. The van der Waals surface area contributed by atoms with Crippen molar-refractivity contribution >= 4 is 11.8 Å². The van der Waals surface area contributed by atoms with Gasteiger partial charge in [-0.05, 0) is 43.9 Å². The summed E-state index contributed by atoms with van der Waals surface area (Å²) in [6.07, 6.45) is 4.39. The van der Waals surface area contributed by atoms with Crippen LogP contribution in [0.1, 0.15) is 36.3 Å². The van der Waals surface area contributed by atoms with E-state index in [9.17, 15) is 9.59 Å². The summed E-state index contributed by atoms with van der Waals surface area (Å²) in [4.78, 5) is 27.6. The summed E-state index contributed by atoms with van der Waals surface area (Å²) < 4.78 is 5.73. The lowest BCUT2D eigenvalue weighted by Gasteiger charge is -2.05. The van der Waals surface area contributed by atoms with Crippen molar-refractivity contribution in [1.29, 1.82) is 0 Å². The van der Waals surface area contributed by atoms with Crippen molar-refractivity contribution in [3.05, 3.63) is 41.4 Å². The van der Waals surface area contributed by atoms with Crippen molar-refractivity contribution in [2.75, 3.05) is 6.54 Å². The number of nitrogens with one attached hydrogen (secondary N) is 2. The maximum Gasteiger partial charge on any atom is 0.239 e. The Morgan fingerprint density at radius 1 is 1.20 bits per heavy atom. The van der Waals surface area contributed by atoms with E-state index in [2.05, 4.69) is 35.5 Å². The molecular weight excluding hydrogens is 318 g/mol. The van der Waals surface area contributed by atoms with E-state index in [1.807, 2.05) is 12.1 Å². The van der Waals surface area contributed by atoms with Gasteiger partial charge in [0, 0.05) is 24.4 Å². The predicted molar refractivity (Wildman–Crippen MR) is 93.9 cm³/mol. The Labute approximate surface area is 147 Å². The first-order valence-corrected chi connectivity index (χ1v) is 8.59. The number of oxazole rings is 1. The van der Waals surface area contributed by atoms with Gasteiger partial charge in [0.15, 0.2) is 11.7 Å². The third kappa shape index (κ3) is 4.92. The molecule has 6 nitrogen and oxygen atoms in total. The molecule has 1 heterocycles. The zero-order valence-corrected chi connectivity index (χ0v) is 14.6. The second kappa shape index (κ2) is 7.51. The summed E-state index contributed by atoms with van der Waals surface area (Å²) in [6.45, 7) is 4.14. The molecule has 1 saturated carbocycles. The van der Waals surface area contributed by atoms with Crippen molar-refractivity contribution in [2.24, 2.45) is 0 Å². The van der Waals surface area contributed by atoms with E-state index in [1.54, 1.807) is 6.20 Å². The standard InChI is InChI=1S/C19H23N3O3/c1-12-3-4-14(9-13(12)2)16-10-21-19(25-16)8-7-17(23)20-11-18(24)22-15-5-6-15/h3-4,9-10,15H,5-8,11H2,1-2H3,(H,20,23)(H,22,24). The number of carbonyl (C=O) groups is 2. The van der Waals surface area contributed by atoms with Crippen LogP contribution in [0.25, 0.3) is 11.3 Å². The summed E-state index contributed by atoms with van der Waals surface area (Å²) in [7, 11) is 0. The quantitative estimate of drug-likeness (QED) is 0.809. The molecule has 0 bridgehead atoms. The fourth-order valence-electron chi connectivity index (χ4n) is 2.45. The first-order valence-electron chi connectivity index (χ1n) is 8.59. The van der Waals surface area contributed by atoms with Gasteiger partial charge < -0.3 is 15.1 Å². The van der Waals surface area contributed by atoms with Crippen LogP contribution in [0.2, 0.25) is 0 Å². The predicted octanol–water partition coefficient (Wildman–Crippen LogP) is 2.29. The minimum absolute atomic E-state index is 0.0226. The molecule has 0 saturated heterocycles. The number of hydrogen-bond acceptors (Lipinski definition) is 4. The number of nitrogens with zero attached hydrogens (tertiary/aromatic N) is 1. The van der Waals surface area contributed by atoms with Crippen LogP contribution in [0.15, 0.2) is 28.8 Å². The van der Waals surface area contributed by atoms with E-state index in [1.165, 1.54) is 11.1 Å². The average Bonchev–Trinajstić information content (AvgIpc) is 3.27. The molecule has 1 aromatic carbocycles.